The summed E-state index contributed by atoms with van der Waals surface area (Å²) < 4.78 is 5.70. The average molecular weight is 292 g/mol. The van der Waals surface area contributed by atoms with Crippen LogP contribution in [0.4, 0.5) is 5.69 Å². The molecule has 0 aliphatic heterocycles. The van der Waals surface area contributed by atoms with Crippen LogP contribution in [0.15, 0.2) is 36.4 Å². The number of nitrogens with zero attached hydrogens (tertiary/aromatic N) is 1. The van der Waals surface area contributed by atoms with Gasteiger partial charge in [0.2, 0.25) is 0 Å². The minimum Gasteiger partial charge on any atom is -0.489 e. The van der Waals surface area contributed by atoms with Crippen LogP contribution in [0.5, 0.6) is 5.75 Å². The molecule has 0 atom stereocenters. The van der Waals surface area contributed by atoms with Crippen LogP contribution in [0, 0.1) is 24.0 Å². The minimum atomic E-state index is -0.472. The zero-order chi connectivity index (χ0) is 14.7. The van der Waals surface area contributed by atoms with Crippen molar-refractivity contribution in [1.82, 2.24) is 0 Å². The first-order valence-electron chi connectivity index (χ1n) is 6.10. The summed E-state index contributed by atoms with van der Waals surface area (Å²) in [6.07, 6.45) is 0. The van der Waals surface area contributed by atoms with Crippen LogP contribution in [0.1, 0.15) is 16.7 Å². The van der Waals surface area contributed by atoms with Gasteiger partial charge in [0.15, 0.2) is 0 Å². The van der Waals surface area contributed by atoms with E-state index in [9.17, 15) is 10.1 Å². The van der Waals surface area contributed by atoms with Gasteiger partial charge in [-0.3, -0.25) is 10.1 Å². The molecule has 0 N–H and O–H groups in total. The quantitative estimate of drug-likeness (QED) is 0.618. The Balaban J connectivity index is 2.13. The summed E-state index contributed by atoms with van der Waals surface area (Å²) in [5, 5.41) is 11.0. The lowest BCUT2D eigenvalue weighted by Gasteiger charge is -2.10. The van der Waals surface area contributed by atoms with Crippen molar-refractivity contribution < 1.29 is 9.66 Å². The second-order valence-electron chi connectivity index (χ2n) is 4.59. The molecule has 2 rings (SSSR count). The molecule has 0 amide bonds. The molecule has 2 aromatic rings. The van der Waals surface area contributed by atoms with Gasteiger partial charge in [-0.05, 0) is 31.5 Å². The van der Waals surface area contributed by atoms with Gasteiger partial charge in [0.1, 0.15) is 12.4 Å². The first-order valence-corrected chi connectivity index (χ1v) is 6.48. The van der Waals surface area contributed by atoms with E-state index in [4.69, 9.17) is 16.3 Å². The lowest BCUT2D eigenvalue weighted by atomic mass is 10.1. The van der Waals surface area contributed by atoms with Crippen LogP contribution in [-0.4, -0.2) is 4.92 Å². The lowest BCUT2D eigenvalue weighted by Crippen LogP contribution is -1.99. The second-order valence-corrected chi connectivity index (χ2v) is 5.00. The zero-order valence-corrected chi connectivity index (χ0v) is 12.0. The molecule has 0 spiro atoms. The van der Waals surface area contributed by atoms with Crippen molar-refractivity contribution >= 4 is 17.3 Å². The SMILES string of the molecule is Cc1ccc(OCc2ccc([N+](=O)[O-])cc2Cl)c(C)c1. The third kappa shape index (κ3) is 3.27. The monoisotopic (exact) mass is 291 g/mol. The molecule has 0 heterocycles. The predicted octanol–water partition coefficient (Wildman–Crippen LogP) is 4.44. The van der Waals surface area contributed by atoms with Crippen molar-refractivity contribution in [2.45, 2.75) is 20.5 Å². The van der Waals surface area contributed by atoms with Gasteiger partial charge in [-0.25, -0.2) is 0 Å². The van der Waals surface area contributed by atoms with Gasteiger partial charge < -0.3 is 4.74 Å². The number of nitro groups is 1. The molecule has 0 aromatic heterocycles. The molecule has 0 unspecified atom stereocenters. The van der Waals surface area contributed by atoms with E-state index >= 15 is 0 Å². The highest BCUT2D eigenvalue weighted by molar-refractivity contribution is 6.31. The van der Waals surface area contributed by atoms with Crippen LogP contribution >= 0.6 is 11.6 Å². The highest BCUT2D eigenvalue weighted by atomic mass is 35.5. The maximum Gasteiger partial charge on any atom is 0.270 e. The number of rotatable bonds is 4. The molecule has 0 saturated heterocycles. The molecule has 104 valence electrons. The molecular formula is C15H14ClNO3. The molecular weight excluding hydrogens is 278 g/mol. The van der Waals surface area contributed by atoms with E-state index in [1.54, 1.807) is 6.07 Å². The summed E-state index contributed by atoms with van der Waals surface area (Å²) >= 11 is 6.02. The van der Waals surface area contributed by atoms with E-state index in [0.29, 0.717) is 5.02 Å². The maximum absolute atomic E-state index is 10.6. The Kier molecular flexibility index (Phi) is 4.25. The molecule has 0 saturated carbocycles. The maximum atomic E-state index is 10.6. The van der Waals surface area contributed by atoms with Gasteiger partial charge >= 0.3 is 0 Å². The van der Waals surface area contributed by atoms with Crippen molar-refractivity contribution in [3.63, 3.8) is 0 Å². The number of aryl methyl sites for hydroxylation is 2. The molecule has 0 bridgehead atoms. The van der Waals surface area contributed by atoms with E-state index in [0.717, 1.165) is 16.9 Å². The summed E-state index contributed by atoms with van der Waals surface area (Å²) in [5.74, 6) is 0.782. The fraction of sp³-hybridized carbons (Fsp3) is 0.200. The summed E-state index contributed by atoms with van der Waals surface area (Å²) in [6, 6.07) is 10.3. The Hall–Kier alpha value is -2.07. The third-order valence-corrected chi connectivity index (χ3v) is 3.31. The zero-order valence-electron chi connectivity index (χ0n) is 11.2. The van der Waals surface area contributed by atoms with Crippen LogP contribution in [0.3, 0.4) is 0 Å². The predicted molar refractivity (Wildman–Crippen MR) is 78.4 cm³/mol. The molecule has 20 heavy (non-hydrogen) atoms. The Morgan fingerprint density at radius 2 is 1.95 bits per heavy atom. The molecule has 2 aromatic carbocycles. The standard InChI is InChI=1S/C15H14ClNO3/c1-10-3-6-15(11(2)7-10)20-9-12-4-5-13(17(18)19)8-14(12)16/h3-8H,9H2,1-2H3. The largest absolute Gasteiger partial charge is 0.489 e. The second kappa shape index (κ2) is 5.92. The van der Waals surface area contributed by atoms with Gasteiger partial charge in [-0.1, -0.05) is 29.3 Å². The Morgan fingerprint density at radius 3 is 2.55 bits per heavy atom. The van der Waals surface area contributed by atoms with Gasteiger partial charge in [0.25, 0.3) is 5.69 Å². The fourth-order valence-corrected chi connectivity index (χ4v) is 2.11. The van der Waals surface area contributed by atoms with E-state index in [1.807, 2.05) is 32.0 Å². The highest BCUT2D eigenvalue weighted by Crippen LogP contribution is 2.25. The fourth-order valence-electron chi connectivity index (χ4n) is 1.88. The molecule has 0 fully saturated rings. The van der Waals surface area contributed by atoms with E-state index in [-0.39, 0.29) is 12.3 Å². The van der Waals surface area contributed by atoms with E-state index in [1.165, 1.54) is 17.7 Å². The molecule has 4 nitrogen and oxygen atoms in total. The number of hydrogen-bond acceptors (Lipinski definition) is 3. The average Bonchev–Trinajstić information content (AvgIpc) is 2.38. The van der Waals surface area contributed by atoms with Crippen LogP contribution < -0.4 is 4.74 Å². The van der Waals surface area contributed by atoms with E-state index < -0.39 is 4.92 Å². The Morgan fingerprint density at radius 1 is 1.20 bits per heavy atom. The van der Waals surface area contributed by atoms with Crippen molar-refractivity contribution in [2.24, 2.45) is 0 Å². The number of nitro benzene ring substituents is 1. The molecule has 0 radical (unpaired) electrons. The van der Waals surface area contributed by atoms with Crippen molar-refractivity contribution in [2.75, 3.05) is 0 Å². The number of halogens is 1. The van der Waals surface area contributed by atoms with Crippen molar-refractivity contribution in [3.05, 3.63) is 68.2 Å². The Labute approximate surface area is 122 Å². The summed E-state index contributed by atoms with van der Waals surface area (Å²) in [6.45, 7) is 4.27. The highest BCUT2D eigenvalue weighted by Gasteiger charge is 2.10. The normalized spacial score (nSPS) is 10.3. The summed E-state index contributed by atoms with van der Waals surface area (Å²) in [4.78, 5) is 10.2. The van der Waals surface area contributed by atoms with Crippen LogP contribution in [0.2, 0.25) is 5.02 Å². The number of benzene rings is 2. The summed E-state index contributed by atoms with van der Waals surface area (Å²) in [7, 11) is 0. The number of hydrogen-bond donors (Lipinski definition) is 0. The lowest BCUT2D eigenvalue weighted by molar-refractivity contribution is -0.384. The van der Waals surface area contributed by atoms with Crippen molar-refractivity contribution in [3.8, 4) is 5.75 Å². The smallest absolute Gasteiger partial charge is 0.270 e. The Bertz CT molecular complexity index is 656. The van der Waals surface area contributed by atoms with Gasteiger partial charge in [0.05, 0.1) is 9.95 Å². The number of ether oxygens (including phenoxy) is 1. The van der Waals surface area contributed by atoms with Gasteiger partial charge in [-0.15, -0.1) is 0 Å². The first-order chi connectivity index (χ1) is 9.47. The first kappa shape index (κ1) is 14.3. The number of non-ortho nitro benzene ring substituents is 1. The topological polar surface area (TPSA) is 52.4 Å². The van der Waals surface area contributed by atoms with Crippen LogP contribution in [-0.2, 0) is 6.61 Å². The molecule has 0 aliphatic rings. The van der Waals surface area contributed by atoms with Crippen molar-refractivity contribution in [1.29, 1.82) is 0 Å². The van der Waals surface area contributed by atoms with Gasteiger partial charge in [-0.2, -0.15) is 0 Å². The van der Waals surface area contributed by atoms with Gasteiger partial charge in [0, 0.05) is 17.7 Å². The summed E-state index contributed by atoms with van der Waals surface area (Å²) in [5.41, 5.74) is 2.91. The van der Waals surface area contributed by atoms with Crippen LogP contribution in [0.25, 0.3) is 0 Å². The minimum absolute atomic E-state index is 0.0229. The van der Waals surface area contributed by atoms with E-state index in [2.05, 4.69) is 0 Å². The third-order valence-electron chi connectivity index (χ3n) is 2.96. The molecule has 0 aliphatic carbocycles. The molecule has 5 heteroatoms.